The first kappa shape index (κ1) is 11.7. The van der Waals surface area contributed by atoms with Gasteiger partial charge in [0.05, 0.1) is 7.11 Å². The minimum atomic E-state index is -0.0693. The molecular formula is C15H19NO2. The first-order valence-electron chi connectivity index (χ1n) is 6.69. The summed E-state index contributed by atoms with van der Waals surface area (Å²) < 4.78 is 4.89. The van der Waals surface area contributed by atoms with Crippen molar-refractivity contribution in [2.24, 2.45) is 0 Å². The zero-order valence-electron chi connectivity index (χ0n) is 10.8. The van der Waals surface area contributed by atoms with E-state index in [-0.39, 0.29) is 12.0 Å². The average molecular weight is 245 g/mol. The summed E-state index contributed by atoms with van der Waals surface area (Å²) in [6, 6.07) is 8.61. The van der Waals surface area contributed by atoms with Crippen LogP contribution in [-0.4, -0.2) is 37.1 Å². The number of carbonyl (C=O) groups excluding carboxylic acids is 1. The number of hydrogen-bond donors (Lipinski definition) is 0. The molecule has 1 aromatic rings. The summed E-state index contributed by atoms with van der Waals surface area (Å²) >= 11 is 0. The van der Waals surface area contributed by atoms with Crippen molar-refractivity contribution in [2.75, 3.05) is 20.2 Å². The second-order valence-electron chi connectivity index (χ2n) is 5.28. The number of fused-ring (bicyclic) bond motifs is 1. The minimum absolute atomic E-state index is 0.0113. The van der Waals surface area contributed by atoms with Gasteiger partial charge in [-0.3, -0.25) is 9.69 Å². The van der Waals surface area contributed by atoms with Gasteiger partial charge >= 0.3 is 5.97 Å². The Morgan fingerprint density at radius 1 is 1.44 bits per heavy atom. The normalized spacial score (nSPS) is 26.5. The molecule has 1 heterocycles. The van der Waals surface area contributed by atoms with Gasteiger partial charge in [-0.2, -0.15) is 0 Å². The van der Waals surface area contributed by atoms with Crippen molar-refractivity contribution in [1.82, 2.24) is 4.90 Å². The fourth-order valence-corrected chi connectivity index (χ4v) is 3.26. The summed E-state index contributed by atoms with van der Waals surface area (Å²) in [4.78, 5) is 14.0. The molecule has 0 aromatic heterocycles. The summed E-state index contributed by atoms with van der Waals surface area (Å²) in [6.07, 6.45) is 3.20. The van der Waals surface area contributed by atoms with E-state index in [1.54, 1.807) is 0 Å². The zero-order chi connectivity index (χ0) is 12.5. The van der Waals surface area contributed by atoms with Gasteiger partial charge in [0.2, 0.25) is 0 Å². The van der Waals surface area contributed by atoms with Crippen molar-refractivity contribution in [3.05, 3.63) is 35.4 Å². The van der Waals surface area contributed by atoms with E-state index in [2.05, 4.69) is 29.2 Å². The lowest BCUT2D eigenvalue weighted by Gasteiger charge is -2.35. The van der Waals surface area contributed by atoms with E-state index < -0.39 is 0 Å². The van der Waals surface area contributed by atoms with Crippen LogP contribution in [0.3, 0.4) is 0 Å². The maximum absolute atomic E-state index is 11.7. The minimum Gasteiger partial charge on any atom is -0.468 e. The third-order valence-corrected chi connectivity index (χ3v) is 4.25. The Morgan fingerprint density at radius 3 is 3.06 bits per heavy atom. The van der Waals surface area contributed by atoms with Crippen molar-refractivity contribution in [3.8, 4) is 0 Å². The SMILES string of the molecule is COC(=O)C1CCCN1CC1Cc2ccccc21. The molecule has 1 aliphatic carbocycles. The Kier molecular flexibility index (Phi) is 3.08. The number of carbonyl (C=O) groups is 1. The van der Waals surface area contributed by atoms with Crippen LogP contribution in [0.2, 0.25) is 0 Å². The zero-order valence-corrected chi connectivity index (χ0v) is 10.8. The predicted molar refractivity (Wildman–Crippen MR) is 69.5 cm³/mol. The predicted octanol–water partition coefficient (Wildman–Crippen LogP) is 1.96. The summed E-state index contributed by atoms with van der Waals surface area (Å²) in [6.45, 7) is 2.02. The van der Waals surface area contributed by atoms with Crippen molar-refractivity contribution < 1.29 is 9.53 Å². The van der Waals surface area contributed by atoms with E-state index in [0.717, 1.165) is 32.4 Å². The van der Waals surface area contributed by atoms with Gasteiger partial charge in [0.1, 0.15) is 6.04 Å². The molecule has 2 aliphatic rings. The molecule has 1 fully saturated rings. The van der Waals surface area contributed by atoms with Crippen LogP contribution in [0.1, 0.15) is 29.9 Å². The number of benzene rings is 1. The molecule has 0 spiro atoms. The van der Waals surface area contributed by atoms with Crippen LogP contribution in [0.5, 0.6) is 0 Å². The molecule has 0 saturated carbocycles. The van der Waals surface area contributed by atoms with Crippen LogP contribution >= 0.6 is 0 Å². The van der Waals surface area contributed by atoms with Gasteiger partial charge in [-0.15, -0.1) is 0 Å². The van der Waals surface area contributed by atoms with Crippen LogP contribution < -0.4 is 0 Å². The number of nitrogens with zero attached hydrogens (tertiary/aromatic N) is 1. The standard InChI is InChI=1S/C15H19NO2/c1-18-15(17)14-7-4-8-16(14)10-12-9-11-5-2-3-6-13(11)12/h2-3,5-6,12,14H,4,7-10H2,1H3. The van der Waals surface area contributed by atoms with Crippen LogP contribution in [0.25, 0.3) is 0 Å². The van der Waals surface area contributed by atoms with Gasteiger partial charge < -0.3 is 4.74 Å². The van der Waals surface area contributed by atoms with Crippen LogP contribution in [-0.2, 0) is 16.0 Å². The molecule has 3 nitrogen and oxygen atoms in total. The van der Waals surface area contributed by atoms with Crippen molar-refractivity contribution in [2.45, 2.75) is 31.2 Å². The lowest BCUT2D eigenvalue weighted by atomic mass is 9.77. The Hall–Kier alpha value is -1.35. The first-order valence-corrected chi connectivity index (χ1v) is 6.69. The topological polar surface area (TPSA) is 29.5 Å². The smallest absolute Gasteiger partial charge is 0.323 e. The number of esters is 1. The van der Waals surface area contributed by atoms with Gasteiger partial charge in [0.15, 0.2) is 0 Å². The van der Waals surface area contributed by atoms with E-state index >= 15 is 0 Å². The maximum Gasteiger partial charge on any atom is 0.323 e. The third kappa shape index (κ3) is 1.93. The first-order chi connectivity index (χ1) is 8.79. The molecule has 2 unspecified atom stereocenters. The summed E-state index contributed by atoms with van der Waals surface area (Å²) in [5.74, 6) is 0.534. The quantitative estimate of drug-likeness (QED) is 0.762. The third-order valence-electron chi connectivity index (χ3n) is 4.25. The van der Waals surface area contributed by atoms with E-state index in [1.807, 2.05) is 0 Å². The van der Waals surface area contributed by atoms with E-state index in [0.29, 0.717) is 5.92 Å². The van der Waals surface area contributed by atoms with Crippen molar-refractivity contribution >= 4 is 5.97 Å². The van der Waals surface area contributed by atoms with E-state index in [9.17, 15) is 4.79 Å². The number of likely N-dealkylation sites (tertiary alicyclic amines) is 1. The molecule has 1 aromatic carbocycles. The van der Waals surface area contributed by atoms with Gasteiger partial charge in [0, 0.05) is 12.5 Å². The highest BCUT2D eigenvalue weighted by Crippen LogP contribution is 2.36. The fourth-order valence-electron chi connectivity index (χ4n) is 3.26. The maximum atomic E-state index is 11.7. The molecule has 3 rings (SSSR count). The molecule has 0 amide bonds. The molecular weight excluding hydrogens is 226 g/mol. The lowest BCUT2D eigenvalue weighted by Crippen LogP contribution is -2.41. The molecule has 0 N–H and O–H groups in total. The molecule has 1 aliphatic heterocycles. The number of rotatable bonds is 3. The molecule has 0 bridgehead atoms. The molecule has 96 valence electrons. The van der Waals surface area contributed by atoms with Gasteiger partial charge in [0.25, 0.3) is 0 Å². The highest BCUT2D eigenvalue weighted by atomic mass is 16.5. The molecule has 2 atom stereocenters. The average Bonchev–Trinajstić information content (AvgIpc) is 2.83. The Bertz CT molecular complexity index is 458. The Labute approximate surface area is 108 Å². The number of hydrogen-bond acceptors (Lipinski definition) is 3. The molecule has 3 heteroatoms. The van der Waals surface area contributed by atoms with Gasteiger partial charge in [-0.05, 0) is 36.9 Å². The van der Waals surface area contributed by atoms with Crippen molar-refractivity contribution in [3.63, 3.8) is 0 Å². The largest absolute Gasteiger partial charge is 0.468 e. The number of ether oxygens (including phenoxy) is 1. The van der Waals surface area contributed by atoms with Crippen LogP contribution in [0, 0.1) is 0 Å². The number of methoxy groups -OCH3 is 1. The highest BCUT2D eigenvalue weighted by Gasteiger charge is 2.35. The monoisotopic (exact) mass is 245 g/mol. The summed E-state index contributed by atoms with van der Waals surface area (Å²) in [5.41, 5.74) is 2.93. The lowest BCUT2D eigenvalue weighted by molar-refractivity contribution is -0.145. The highest BCUT2D eigenvalue weighted by molar-refractivity contribution is 5.76. The van der Waals surface area contributed by atoms with Crippen LogP contribution in [0.15, 0.2) is 24.3 Å². The van der Waals surface area contributed by atoms with Crippen molar-refractivity contribution in [1.29, 1.82) is 0 Å². The van der Waals surface area contributed by atoms with E-state index in [4.69, 9.17) is 4.74 Å². The molecule has 0 radical (unpaired) electrons. The fraction of sp³-hybridized carbons (Fsp3) is 0.533. The summed E-state index contributed by atoms with van der Waals surface area (Å²) in [5, 5.41) is 0. The molecule has 18 heavy (non-hydrogen) atoms. The van der Waals surface area contributed by atoms with Gasteiger partial charge in [-0.25, -0.2) is 0 Å². The van der Waals surface area contributed by atoms with Crippen LogP contribution in [0.4, 0.5) is 0 Å². The second kappa shape index (κ2) is 4.73. The Morgan fingerprint density at radius 2 is 2.28 bits per heavy atom. The van der Waals surface area contributed by atoms with Gasteiger partial charge in [-0.1, -0.05) is 24.3 Å². The molecule has 1 saturated heterocycles. The summed E-state index contributed by atoms with van der Waals surface area (Å²) in [7, 11) is 1.48. The van der Waals surface area contributed by atoms with E-state index in [1.165, 1.54) is 18.2 Å². The Balaban J connectivity index is 1.66. The second-order valence-corrected chi connectivity index (χ2v) is 5.28.